The topological polar surface area (TPSA) is 122 Å². The number of rotatable bonds is 6. The summed E-state index contributed by atoms with van der Waals surface area (Å²) in [5, 5.41) is 0.722. The van der Waals surface area contributed by atoms with Gasteiger partial charge in [-0.05, 0) is 55.0 Å². The monoisotopic (exact) mass is 545 g/mol. The predicted octanol–water partition coefficient (Wildman–Crippen LogP) is 3.35. The molecule has 0 spiro atoms. The molecular weight excluding hydrogens is 518 g/mol. The average molecular weight is 546 g/mol. The second kappa shape index (κ2) is 10.7. The number of carbonyl (C=O) groups is 2. The highest BCUT2D eigenvalue weighted by atomic mass is 32.2. The van der Waals surface area contributed by atoms with Crippen molar-refractivity contribution in [2.45, 2.75) is 11.8 Å². The summed E-state index contributed by atoms with van der Waals surface area (Å²) in [4.78, 5) is 37.9. The van der Waals surface area contributed by atoms with E-state index >= 15 is 0 Å². The van der Waals surface area contributed by atoms with Crippen molar-refractivity contribution in [3.8, 4) is 5.88 Å². The highest BCUT2D eigenvalue weighted by molar-refractivity contribution is 7.93. The van der Waals surface area contributed by atoms with Gasteiger partial charge in [-0.3, -0.25) is 19.3 Å². The highest BCUT2D eigenvalue weighted by Gasteiger charge is 2.28. The molecule has 39 heavy (non-hydrogen) atoms. The first-order valence-electron chi connectivity index (χ1n) is 12.3. The Bertz CT molecular complexity index is 1660. The van der Waals surface area contributed by atoms with Crippen LogP contribution >= 0.6 is 0 Å². The molecule has 2 aromatic carbocycles. The number of amides is 2. The Balaban J connectivity index is 1.27. The fraction of sp³-hybridized carbons (Fsp3) is 0.214. The Morgan fingerprint density at radius 1 is 0.872 bits per heavy atom. The molecule has 0 radical (unpaired) electrons. The van der Waals surface area contributed by atoms with Gasteiger partial charge in [0.05, 0.1) is 18.3 Å². The van der Waals surface area contributed by atoms with Crippen LogP contribution in [0.5, 0.6) is 5.88 Å². The number of ether oxygens (including phenoxy) is 1. The van der Waals surface area contributed by atoms with E-state index in [2.05, 4.69) is 14.7 Å². The smallest absolute Gasteiger partial charge is 0.264 e. The number of sulfonamides is 1. The number of benzene rings is 2. The molecule has 2 aromatic heterocycles. The molecule has 5 rings (SSSR count). The molecule has 0 bridgehead atoms. The Kier molecular flexibility index (Phi) is 7.16. The molecule has 2 amide bonds. The largest absolute Gasteiger partial charge is 0.480 e. The van der Waals surface area contributed by atoms with Crippen LogP contribution in [0.2, 0.25) is 0 Å². The minimum atomic E-state index is -3.92. The molecule has 0 aliphatic carbocycles. The van der Waals surface area contributed by atoms with Gasteiger partial charge in [-0.15, -0.1) is 0 Å². The summed E-state index contributed by atoms with van der Waals surface area (Å²) in [5.74, 6) is -0.110. The number of aromatic nitrogens is 2. The zero-order chi connectivity index (χ0) is 27.6. The quantitative estimate of drug-likeness (QED) is 0.394. The fourth-order valence-electron chi connectivity index (χ4n) is 4.59. The number of nitrogens with one attached hydrogen (secondary N) is 1. The minimum Gasteiger partial charge on any atom is -0.480 e. The number of nitrogens with zero attached hydrogens (tertiary/aromatic N) is 4. The number of pyridine rings is 2. The van der Waals surface area contributed by atoms with Gasteiger partial charge >= 0.3 is 0 Å². The van der Waals surface area contributed by atoms with Gasteiger partial charge in [-0.2, -0.15) is 0 Å². The van der Waals surface area contributed by atoms with Crippen molar-refractivity contribution < 1.29 is 22.7 Å². The maximum absolute atomic E-state index is 13.2. The van der Waals surface area contributed by atoms with Gasteiger partial charge in [0.15, 0.2) is 0 Å². The highest BCUT2D eigenvalue weighted by Crippen LogP contribution is 2.26. The van der Waals surface area contributed by atoms with Crippen LogP contribution in [-0.4, -0.2) is 73.3 Å². The summed E-state index contributed by atoms with van der Waals surface area (Å²) in [6, 6.07) is 16.8. The maximum atomic E-state index is 13.2. The van der Waals surface area contributed by atoms with Crippen molar-refractivity contribution in [2.75, 3.05) is 38.0 Å². The Labute approximate surface area is 226 Å². The molecule has 4 aromatic rings. The Morgan fingerprint density at radius 3 is 2.26 bits per heavy atom. The van der Waals surface area contributed by atoms with E-state index in [9.17, 15) is 18.0 Å². The number of fused-ring (bicyclic) bond motifs is 1. The second-order valence-corrected chi connectivity index (χ2v) is 10.8. The molecular formula is C28H27N5O5S. The number of hydrogen-bond donors (Lipinski definition) is 1. The van der Waals surface area contributed by atoms with E-state index in [1.807, 2.05) is 0 Å². The molecule has 1 aliphatic heterocycles. The van der Waals surface area contributed by atoms with Crippen LogP contribution in [0.3, 0.4) is 0 Å². The molecule has 1 aliphatic rings. The lowest BCUT2D eigenvalue weighted by Gasteiger charge is -2.35. The number of aryl methyl sites for hydroxylation is 1. The summed E-state index contributed by atoms with van der Waals surface area (Å²) in [6.07, 6.45) is 3.11. The van der Waals surface area contributed by atoms with Crippen LogP contribution in [0.4, 0.5) is 5.69 Å². The number of carbonyl (C=O) groups excluding carboxylic acids is 2. The zero-order valence-corrected chi connectivity index (χ0v) is 22.3. The normalized spacial score (nSPS) is 13.8. The van der Waals surface area contributed by atoms with E-state index in [1.54, 1.807) is 83.7 Å². The molecule has 3 heterocycles. The predicted molar refractivity (Wildman–Crippen MR) is 146 cm³/mol. The average Bonchev–Trinajstić information content (AvgIpc) is 2.97. The van der Waals surface area contributed by atoms with E-state index in [4.69, 9.17) is 4.74 Å². The fourth-order valence-corrected chi connectivity index (χ4v) is 5.90. The van der Waals surface area contributed by atoms with E-state index in [0.29, 0.717) is 54.1 Å². The van der Waals surface area contributed by atoms with Crippen LogP contribution in [0.15, 0.2) is 78.0 Å². The third-order valence-electron chi connectivity index (χ3n) is 6.65. The lowest BCUT2D eigenvalue weighted by Crippen LogP contribution is -2.50. The first-order chi connectivity index (χ1) is 18.8. The second-order valence-electron chi connectivity index (χ2n) is 9.11. The molecule has 0 unspecified atom stereocenters. The molecule has 11 heteroatoms. The summed E-state index contributed by atoms with van der Waals surface area (Å²) in [7, 11) is -2.45. The zero-order valence-electron chi connectivity index (χ0n) is 21.5. The molecule has 10 nitrogen and oxygen atoms in total. The number of piperazine rings is 1. The van der Waals surface area contributed by atoms with Crippen LogP contribution in [0.25, 0.3) is 10.9 Å². The third kappa shape index (κ3) is 5.26. The van der Waals surface area contributed by atoms with Crippen molar-refractivity contribution in [2.24, 2.45) is 0 Å². The van der Waals surface area contributed by atoms with Crippen molar-refractivity contribution in [3.63, 3.8) is 0 Å². The molecule has 1 fully saturated rings. The van der Waals surface area contributed by atoms with Gasteiger partial charge in [0.1, 0.15) is 10.5 Å². The van der Waals surface area contributed by atoms with Crippen molar-refractivity contribution in [1.29, 1.82) is 0 Å². The van der Waals surface area contributed by atoms with Gasteiger partial charge < -0.3 is 14.5 Å². The van der Waals surface area contributed by atoms with E-state index in [1.165, 1.54) is 13.2 Å². The van der Waals surface area contributed by atoms with Crippen LogP contribution in [0.1, 0.15) is 26.3 Å². The summed E-state index contributed by atoms with van der Waals surface area (Å²) in [5.41, 5.74) is 2.19. The summed E-state index contributed by atoms with van der Waals surface area (Å²) >= 11 is 0. The SMILES string of the molecule is COc1ncccc1C(=O)N1CCN(C(=O)c2ccc(NS(=O)(=O)c3cccc4cccnc34)c(C)c2)CC1. The lowest BCUT2D eigenvalue weighted by molar-refractivity contribution is 0.0533. The van der Waals surface area contributed by atoms with E-state index in [0.717, 1.165) is 5.39 Å². The first-order valence-corrected chi connectivity index (χ1v) is 13.8. The summed E-state index contributed by atoms with van der Waals surface area (Å²) in [6.45, 7) is 3.23. The number of para-hydroxylation sites is 1. The van der Waals surface area contributed by atoms with Crippen LogP contribution < -0.4 is 9.46 Å². The number of anilines is 1. The van der Waals surface area contributed by atoms with Gasteiger partial charge in [-0.25, -0.2) is 13.4 Å². The maximum Gasteiger partial charge on any atom is 0.264 e. The van der Waals surface area contributed by atoms with Crippen LogP contribution in [-0.2, 0) is 10.0 Å². The van der Waals surface area contributed by atoms with Crippen molar-refractivity contribution in [3.05, 3.63) is 89.7 Å². The van der Waals surface area contributed by atoms with Gasteiger partial charge in [0.25, 0.3) is 21.8 Å². The molecule has 1 N–H and O–H groups in total. The van der Waals surface area contributed by atoms with E-state index in [-0.39, 0.29) is 22.6 Å². The van der Waals surface area contributed by atoms with Gasteiger partial charge in [-0.1, -0.05) is 18.2 Å². The van der Waals surface area contributed by atoms with E-state index < -0.39 is 10.0 Å². The molecule has 0 saturated carbocycles. The summed E-state index contributed by atoms with van der Waals surface area (Å²) < 4.78 is 34.2. The third-order valence-corrected chi connectivity index (χ3v) is 8.05. The van der Waals surface area contributed by atoms with Crippen LogP contribution in [0, 0.1) is 6.92 Å². The lowest BCUT2D eigenvalue weighted by atomic mass is 10.1. The van der Waals surface area contributed by atoms with Crippen molar-refractivity contribution >= 4 is 38.4 Å². The number of hydrogen-bond acceptors (Lipinski definition) is 7. The molecule has 200 valence electrons. The van der Waals surface area contributed by atoms with Gasteiger partial charge in [0.2, 0.25) is 5.88 Å². The van der Waals surface area contributed by atoms with Crippen molar-refractivity contribution in [1.82, 2.24) is 19.8 Å². The Hall–Kier alpha value is -4.51. The standard InChI is InChI=1S/C28H27N5O5S/c1-19-18-21(10-11-23(19)31-39(36,37)24-9-3-6-20-7-4-12-29-25(20)24)27(34)32-14-16-33(17-15-32)28(35)22-8-5-13-30-26(22)38-2/h3-13,18,31H,14-17H2,1-2H3. The first kappa shape index (κ1) is 26.1. The molecule has 0 atom stereocenters. The Morgan fingerprint density at radius 2 is 1.54 bits per heavy atom. The van der Waals surface area contributed by atoms with Gasteiger partial charge in [0, 0.05) is 49.5 Å². The molecule has 1 saturated heterocycles. The number of methoxy groups -OCH3 is 1. The minimum absolute atomic E-state index is 0.0801.